The lowest BCUT2D eigenvalue weighted by Gasteiger charge is -2.38. The molecule has 0 radical (unpaired) electrons. The third-order valence-electron chi connectivity index (χ3n) is 2.00. The molecule has 0 bridgehead atoms. The molecule has 0 aromatic rings. The van der Waals surface area contributed by atoms with Crippen molar-refractivity contribution in [1.29, 1.82) is 0 Å². The van der Waals surface area contributed by atoms with Gasteiger partial charge in [-0.2, -0.15) is 0 Å². The van der Waals surface area contributed by atoms with Gasteiger partial charge in [0.15, 0.2) is 0 Å². The third-order valence-corrected chi connectivity index (χ3v) is 2.00. The molecule has 0 atom stereocenters. The van der Waals surface area contributed by atoms with Crippen LogP contribution in [-0.4, -0.2) is 40.1 Å². The van der Waals surface area contributed by atoms with Crippen molar-refractivity contribution < 1.29 is 19.9 Å². The molecule has 0 aliphatic carbocycles. The van der Waals surface area contributed by atoms with Crippen molar-refractivity contribution in [3.8, 4) is 0 Å². The fourth-order valence-electron chi connectivity index (χ4n) is 0.733. The van der Waals surface area contributed by atoms with Crippen LogP contribution in [0.3, 0.4) is 0 Å². The van der Waals surface area contributed by atoms with Crippen molar-refractivity contribution in [1.82, 2.24) is 0 Å². The van der Waals surface area contributed by atoms with Crippen molar-refractivity contribution >= 4 is 7.69 Å². The molecule has 0 fully saturated rings. The number of aliphatic hydroxyl groups is 1. The number of ether oxygens (including phenoxy) is 1. The lowest BCUT2D eigenvalue weighted by atomic mass is 9.89. The molecule has 3 N–H and O–H groups in total. The molecule has 14 heavy (non-hydrogen) atoms. The zero-order valence-corrected chi connectivity index (χ0v) is 10.0. The Hall–Kier alpha value is -0.0951. The van der Waals surface area contributed by atoms with E-state index < -0.39 is 18.9 Å². The number of hydrogen-bond donors (Lipinski definition) is 3. The molecule has 0 aliphatic rings. The third kappa shape index (κ3) is 7.32. The van der Waals surface area contributed by atoms with E-state index >= 15 is 0 Å². The summed E-state index contributed by atoms with van der Waals surface area (Å²) in [6.07, 6.45) is 0.149. The van der Waals surface area contributed by atoms with E-state index in [-0.39, 0.29) is 6.10 Å². The van der Waals surface area contributed by atoms with Gasteiger partial charge in [0.25, 0.3) is 0 Å². The molecule has 0 unspecified atom stereocenters. The Morgan fingerprint density at radius 1 is 1.07 bits per heavy atom. The molecule has 86 valence electrons. The van der Waals surface area contributed by atoms with E-state index in [1.54, 1.807) is 13.8 Å². The van der Waals surface area contributed by atoms with Crippen molar-refractivity contribution in [3.05, 3.63) is 0 Å². The summed E-state index contributed by atoms with van der Waals surface area (Å²) in [5.74, 6) is 0. The highest BCUT2D eigenvalue weighted by Crippen LogP contribution is 2.26. The van der Waals surface area contributed by atoms with Crippen LogP contribution in [0.15, 0.2) is 0 Å². The van der Waals surface area contributed by atoms with Gasteiger partial charge in [-0.15, -0.1) is 0 Å². The SMILES string of the molecule is CC(C)OC(C)(C)C(C)(C)O.OBO. The molecule has 0 aliphatic heterocycles. The molecule has 0 aromatic carbocycles. The molecular weight excluding hydrogens is 183 g/mol. The molecule has 0 saturated carbocycles. The molecular formula is C9H23BO4. The lowest BCUT2D eigenvalue weighted by molar-refractivity contribution is -0.166. The average molecular weight is 206 g/mol. The molecule has 5 heteroatoms. The maximum atomic E-state index is 9.67. The van der Waals surface area contributed by atoms with E-state index in [9.17, 15) is 5.11 Å². The van der Waals surface area contributed by atoms with Gasteiger partial charge in [-0.25, -0.2) is 0 Å². The summed E-state index contributed by atoms with van der Waals surface area (Å²) in [5.41, 5.74) is -1.28. The van der Waals surface area contributed by atoms with Crippen molar-refractivity contribution in [2.24, 2.45) is 0 Å². The lowest BCUT2D eigenvalue weighted by Crippen LogP contribution is -2.48. The minimum Gasteiger partial charge on any atom is -0.430 e. The molecule has 0 heterocycles. The highest BCUT2D eigenvalue weighted by molar-refractivity contribution is 6.13. The predicted molar refractivity (Wildman–Crippen MR) is 58.2 cm³/mol. The van der Waals surface area contributed by atoms with Crippen LogP contribution in [-0.2, 0) is 4.74 Å². The summed E-state index contributed by atoms with van der Waals surface area (Å²) < 4.78 is 5.55. The van der Waals surface area contributed by atoms with Crippen molar-refractivity contribution in [3.63, 3.8) is 0 Å². The second-order valence-corrected chi connectivity index (χ2v) is 4.38. The van der Waals surface area contributed by atoms with Gasteiger partial charge in [0.05, 0.1) is 17.3 Å². The largest absolute Gasteiger partial charge is 0.432 e. The van der Waals surface area contributed by atoms with Crippen LogP contribution in [0.4, 0.5) is 0 Å². The fraction of sp³-hybridized carbons (Fsp3) is 1.00. The Bertz CT molecular complexity index is 140. The van der Waals surface area contributed by atoms with E-state index in [0.29, 0.717) is 0 Å². The minimum atomic E-state index is -0.794. The first-order valence-electron chi connectivity index (χ1n) is 4.70. The van der Waals surface area contributed by atoms with Gasteiger partial charge in [0.1, 0.15) is 0 Å². The molecule has 0 saturated heterocycles. The second kappa shape index (κ2) is 6.40. The molecule has 0 rings (SSSR count). The first kappa shape index (κ1) is 16.3. The van der Waals surface area contributed by atoms with Gasteiger partial charge in [0.2, 0.25) is 0 Å². The summed E-state index contributed by atoms with van der Waals surface area (Å²) in [7, 11) is -0.750. The van der Waals surface area contributed by atoms with Crippen LogP contribution in [0.25, 0.3) is 0 Å². The zero-order valence-electron chi connectivity index (χ0n) is 10.0. The summed E-state index contributed by atoms with van der Waals surface area (Å²) in [6.45, 7) is 11.2. The standard InChI is InChI=1S/C9H20O2.BH3O2/c1-7(2)11-9(5,6)8(3,4)10;2-1-3/h7,10H,1-6H3;1-3H. The van der Waals surface area contributed by atoms with Crippen LogP contribution in [0, 0.1) is 0 Å². The van der Waals surface area contributed by atoms with E-state index in [1.165, 1.54) is 0 Å². The normalized spacial score (nSPS) is 12.1. The smallest absolute Gasteiger partial charge is 0.430 e. The quantitative estimate of drug-likeness (QED) is 0.577. The Morgan fingerprint density at radius 3 is 1.43 bits per heavy atom. The van der Waals surface area contributed by atoms with Crippen LogP contribution in [0.2, 0.25) is 0 Å². The number of rotatable bonds is 3. The maximum absolute atomic E-state index is 9.67. The number of hydrogen-bond acceptors (Lipinski definition) is 4. The molecule has 0 amide bonds. The predicted octanol–water partition coefficient (Wildman–Crippen LogP) is 0.198. The molecule has 0 aromatic heterocycles. The van der Waals surface area contributed by atoms with E-state index in [4.69, 9.17) is 14.8 Å². The van der Waals surface area contributed by atoms with Crippen LogP contribution in [0.5, 0.6) is 0 Å². The topological polar surface area (TPSA) is 69.9 Å². The van der Waals surface area contributed by atoms with E-state index in [1.807, 2.05) is 27.7 Å². The summed E-state index contributed by atoms with van der Waals surface area (Å²) in [4.78, 5) is 0. The minimum absolute atomic E-state index is 0.149. The zero-order chi connectivity index (χ0) is 12.0. The fourth-order valence-corrected chi connectivity index (χ4v) is 0.733. The van der Waals surface area contributed by atoms with Gasteiger partial charge < -0.3 is 19.9 Å². The van der Waals surface area contributed by atoms with E-state index in [0.717, 1.165) is 0 Å². The van der Waals surface area contributed by atoms with Crippen LogP contribution >= 0.6 is 0 Å². The first-order chi connectivity index (χ1) is 6.08. The van der Waals surface area contributed by atoms with Crippen molar-refractivity contribution in [2.45, 2.75) is 58.8 Å². The van der Waals surface area contributed by atoms with Crippen molar-refractivity contribution in [2.75, 3.05) is 0 Å². The maximum Gasteiger partial charge on any atom is 0.432 e. The van der Waals surface area contributed by atoms with Gasteiger partial charge >= 0.3 is 7.69 Å². The van der Waals surface area contributed by atoms with Crippen LogP contribution < -0.4 is 0 Å². The van der Waals surface area contributed by atoms with Gasteiger partial charge in [-0.1, -0.05) is 0 Å². The summed E-state index contributed by atoms with van der Waals surface area (Å²) >= 11 is 0. The Kier molecular flexibility index (Phi) is 7.47. The summed E-state index contributed by atoms with van der Waals surface area (Å²) in [6, 6.07) is 0. The molecule has 0 spiro atoms. The Balaban J connectivity index is 0. The second-order valence-electron chi connectivity index (χ2n) is 4.38. The Labute approximate surface area is 87.2 Å². The molecule has 4 nitrogen and oxygen atoms in total. The van der Waals surface area contributed by atoms with Gasteiger partial charge in [-0.05, 0) is 41.5 Å². The van der Waals surface area contributed by atoms with Gasteiger partial charge in [-0.3, -0.25) is 0 Å². The highest BCUT2D eigenvalue weighted by Gasteiger charge is 2.36. The van der Waals surface area contributed by atoms with E-state index in [2.05, 4.69) is 0 Å². The van der Waals surface area contributed by atoms with Gasteiger partial charge in [0, 0.05) is 0 Å². The van der Waals surface area contributed by atoms with Crippen LogP contribution in [0.1, 0.15) is 41.5 Å². The average Bonchev–Trinajstić information content (AvgIpc) is 1.82. The Morgan fingerprint density at radius 2 is 1.36 bits per heavy atom. The first-order valence-corrected chi connectivity index (χ1v) is 4.70. The monoisotopic (exact) mass is 206 g/mol. The summed E-state index contributed by atoms with van der Waals surface area (Å²) in [5, 5.41) is 23.9. The highest BCUT2D eigenvalue weighted by atomic mass is 16.5.